The highest BCUT2D eigenvalue weighted by Gasteiger charge is 2.50. The molecule has 2 aromatic carbocycles. The smallest absolute Gasteiger partial charge is 0.306 e. The molecule has 0 fully saturated rings. The second kappa shape index (κ2) is 13.4. The number of aliphatic imine (C=N–C) groups is 1. The molecule has 2 atom stereocenters. The highest BCUT2D eigenvalue weighted by molar-refractivity contribution is 6.00. The lowest BCUT2D eigenvalue weighted by molar-refractivity contribution is -0.155. The first-order valence-electron chi connectivity index (χ1n) is 13.1. The van der Waals surface area contributed by atoms with Crippen molar-refractivity contribution in [2.24, 2.45) is 4.99 Å². The average molecular weight is 542 g/mol. The molecule has 0 saturated carbocycles. The molecule has 0 saturated heterocycles. The summed E-state index contributed by atoms with van der Waals surface area (Å²) in [5.74, 6) is 0.798. The van der Waals surface area contributed by atoms with E-state index in [1.54, 1.807) is 59.1 Å². The van der Waals surface area contributed by atoms with E-state index in [4.69, 9.17) is 29.0 Å². The van der Waals surface area contributed by atoms with Crippen LogP contribution in [0.1, 0.15) is 58.1 Å². The second-order valence-corrected chi connectivity index (χ2v) is 10.3. The first kappa shape index (κ1) is 29.9. The summed E-state index contributed by atoms with van der Waals surface area (Å²) < 4.78 is 22.5. The van der Waals surface area contributed by atoms with Gasteiger partial charge in [0, 0.05) is 37.1 Å². The van der Waals surface area contributed by atoms with Gasteiger partial charge in [-0.2, -0.15) is 0 Å². The summed E-state index contributed by atoms with van der Waals surface area (Å²) in [6.45, 7) is 7.93. The number of rotatable bonds is 13. The van der Waals surface area contributed by atoms with Crippen molar-refractivity contribution in [2.75, 3.05) is 20.3 Å². The molecule has 0 unspecified atom stereocenters. The zero-order valence-corrected chi connectivity index (χ0v) is 23.3. The van der Waals surface area contributed by atoms with Crippen molar-refractivity contribution in [3.8, 4) is 11.5 Å². The minimum absolute atomic E-state index is 0.0146. The summed E-state index contributed by atoms with van der Waals surface area (Å²) in [4.78, 5) is 30.9. The number of esters is 1. The predicted octanol–water partition coefficient (Wildman–Crippen LogP) is 3.30. The fourth-order valence-electron chi connectivity index (χ4n) is 4.11. The van der Waals surface area contributed by atoms with Crippen molar-refractivity contribution >= 4 is 17.8 Å². The van der Waals surface area contributed by atoms with Gasteiger partial charge in [0.25, 0.3) is 5.91 Å². The van der Waals surface area contributed by atoms with Crippen LogP contribution in [0.5, 0.6) is 11.5 Å². The van der Waals surface area contributed by atoms with Crippen molar-refractivity contribution in [1.82, 2.24) is 10.9 Å². The number of carbonyl (C=O) groups excluding carboxylic acids is 2. The molecule has 0 aromatic heterocycles. The second-order valence-electron chi connectivity index (χ2n) is 10.3. The number of aliphatic hydroxyl groups excluding tert-OH is 1. The lowest BCUT2D eigenvalue weighted by Gasteiger charge is -2.28. The number of aliphatic hydroxyl groups is 1. The predicted molar refractivity (Wildman–Crippen MR) is 147 cm³/mol. The molecule has 212 valence electrons. The van der Waals surface area contributed by atoms with Crippen LogP contribution in [0.2, 0.25) is 0 Å². The van der Waals surface area contributed by atoms with Crippen LogP contribution in [0, 0.1) is 0 Å². The molecule has 3 N–H and O–H groups in total. The van der Waals surface area contributed by atoms with Gasteiger partial charge in [-0.15, -0.1) is 0 Å². The van der Waals surface area contributed by atoms with Gasteiger partial charge in [0.2, 0.25) is 5.90 Å². The van der Waals surface area contributed by atoms with Crippen molar-refractivity contribution in [1.29, 1.82) is 0 Å². The highest BCUT2D eigenvalue weighted by Crippen LogP contribution is 2.34. The minimum atomic E-state index is -1.36. The average Bonchev–Trinajstić information content (AvgIpc) is 3.24. The Hall–Kier alpha value is -3.63. The van der Waals surface area contributed by atoms with Crippen molar-refractivity contribution in [3.63, 3.8) is 0 Å². The molecule has 39 heavy (non-hydrogen) atoms. The van der Waals surface area contributed by atoms with E-state index >= 15 is 0 Å². The Bertz CT molecular complexity index is 1140. The van der Waals surface area contributed by atoms with Crippen molar-refractivity contribution < 1.29 is 33.6 Å². The third-order valence-electron chi connectivity index (χ3n) is 6.13. The van der Waals surface area contributed by atoms with Gasteiger partial charge in [0.05, 0.1) is 13.7 Å². The Morgan fingerprint density at radius 1 is 1.13 bits per heavy atom. The van der Waals surface area contributed by atoms with E-state index in [2.05, 4.69) is 10.9 Å². The number of nitrogens with one attached hydrogen (secondary N) is 2. The number of nitrogens with zero attached hydrogens (tertiary/aromatic N) is 1. The van der Waals surface area contributed by atoms with Crippen LogP contribution in [0.4, 0.5) is 0 Å². The summed E-state index contributed by atoms with van der Waals surface area (Å²) in [5, 5.41) is 8.94. The monoisotopic (exact) mass is 541 g/mol. The van der Waals surface area contributed by atoms with Gasteiger partial charge in [-0.05, 0) is 64.4 Å². The van der Waals surface area contributed by atoms with E-state index in [-0.39, 0.29) is 19.4 Å². The van der Waals surface area contributed by atoms with Gasteiger partial charge in [-0.25, -0.2) is 10.4 Å². The topological polar surface area (TPSA) is 128 Å². The molecule has 0 bridgehead atoms. The molecule has 1 aliphatic rings. The number of methoxy groups -OCH3 is 1. The lowest BCUT2D eigenvalue weighted by atomic mass is 9.88. The Balaban J connectivity index is 1.79. The van der Waals surface area contributed by atoms with Crippen LogP contribution in [0.15, 0.2) is 53.5 Å². The van der Waals surface area contributed by atoms with E-state index in [1.807, 2.05) is 24.3 Å². The Labute approximate surface area is 229 Å². The van der Waals surface area contributed by atoms with Gasteiger partial charge >= 0.3 is 5.97 Å². The van der Waals surface area contributed by atoms with E-state index in [0.29, 0.717) is 42.5 Å². The van der Waals surface area contributed by atoms with E-state index < -0.39 is 29.1 Å². The number of hydrogen-bond donors (Lipinski definition) is 3. The van der Waals surface area contributed by atoms with Gasteiger partial charge in [0.1, 0.15) is 23.2 Å². The number of benzene rings is 2. The molecule has 0 aliphatic carbocycles. The molecule has 3 rings (SSSR count). The van der Waals surface area contributed by atoms with Crippen LogP contribution in [-0.4, -0.2) is 60.4 Å². The number of carbonyl (C=O) groups is 2. The number of hydrogen-bond acceptors (Lipinski definition) is 9. The molecular weight excluding hydrogens is 502 g/mol. The summed E-state index contributed by atoms with van der Waals surface area (Å²) in [6.07, 6.45) is -0.0326. The molecule has 1 amide bonds. The summed E-state index contributed by atoms with van der Waals surface area (Å²) in [6, 6.07) is 14.6. The number of para-hydroxylation sites is 1. The molecule has 0 radical (unpaired) electrons. The van der Waals surface area contributed by atoms with Crippen LogP contribution < -0.4 is 20.3 Å². The minimum Gasteiger partial charge on any atom is -0.496 e. The third kappa shape index (κ3) is 8.18. The first-order chi connectivity index (χ1) is 18.6. The maximum atomic E-state index is 13.6. The maximum absolute atomic E-state index is 13.6. The molecule has 1 heterocycles. The Kier molecular flexibility index (Phi) is 10.3. The number of amides is 1. The van der Waals surface area contributed by atoms with Crippen LogP contribution in [-0.2, 0) is 25.6 Å². The molecule has 1 aliphatic heterocycles. The summed E-state index contributed by atoms with van der Waals surface area (Å²) >= 11 is 0. The first-order valence-corrected chi connectivity index (χ1v) is 13.1. The molecular formula is C29H39N3O7. The number of ether oxygens (including phenoxy) is 4. The fourth-order valence-corrected chi connectivity index (χ4v) is 4.11. The zero-order chi connectivity index (χ0) is 28.5. The van der Waals surface area contributed by atoms with Crippen molar-refractivity contribution in [3.05, 3.63) is 59.7 Å². The van der Waals surface area contributed by atoms with Gasteiger partial charge in [-0.1, -0.05) is 18.2 Å². The normalized spacial score (nSPS) is 18.6. The summed E-state index contributed by atoms with van der Waals surface area (Å²) in [7, 11) is 1.59. The number of hydrazine groups is 1. The largest absolute Gasteiger partial charge is 0.496 e. The van der Waals surface area contributed by atoms with E-state index in [0.717, 1.165) is 5.56 Å². The zero-order valence-electron chi connectivity index (χ0n) is 23.3. The quantitative estimate of drug-likeness (QED) is 0.200. The molecule has 10 nitrogen and oxygen atoms in total. The maximum Gasteiger partial charge on any atom is 0.306 e. The third-order valence-corrected chi connectivity index (χ3v) is 6.13. The van der Waals surface area contributed by atoms with Crippen LogP contribution in [0.3, 0.4) is 0 Å². The molecule has 10 heteroatoms. The van der Waals surface area contributed by atoms with Crippen LogP contribution >= 0.6 is 0 Å². The van der Waals surface area contributed by atoms with Crippen molar-refractivity contribution in [2.45, 2.75) is 70.7 Å². The standard InChI is InChI=1S/C29H39N3O7/c1-20-29(16-15-25(34)39-28(2,3)4,27(35)32-30-19-22-9-6-7-10-24(22)36-5)31-26(38-20)21-11-13-23(14-12-21)37-18-8-17-33/h6-7,9-14,20,30,33H,8,15-19H2,1-5H3,(H,32,35)/t20-,29-/m0/s1. The van der Waals surface area contributed by atoms with E-state index in [9.17, 15) is 9.59 Å². The summed E-state index contributed by atoms with van der Waals surface area (Å²) in [5.41, 5.74) is 5.24. The molecule has 0 spiro atoms. The van der Waals surface area contributed by atoms with Gasteiger partial charge < -0.3 is 24.1 Å². The highest BCUT2D eigenvalue weighted by atomic mass is 16.6. The van der Waals surface area contributed by atoms with Crippen LogP contribution in [0.25, 0.3) is 0 Å². The van der Waals surface area contributed by atoms with Gasteiger partial charge in [-0.3, -0.25) is 15.0 Å². The van der Waals surface area contributed by atoms with E-state index in [1.165, 1.54) is 0 Å². The lowest BCUT2D eigenvalue weighted by Crippen LogP contribution is -2.54. The Morgan fingerprint density at radius 2 is 1.85 bits per heavy atom. The molecule has 2 aromatic rings. The Morgan fingerprint density at radius 3 is 2.51 bits per heavy atom. The fraction of sp³-hybridized carbons (Fsp3) is 0.483. The van der Waals surface area contributed by atoms with Gasteiger partial charge in [0.15, 0.2) is 5.54 Å². The SMILES string of the molecule is COc1ccccc1CNNC(=O)[C@@]1(CCC(=O)OC(C)(C)C)N=C(c2ccc(OCCCO)cc2)O[C@H]1C.